The highest BCUT2D eigenvalue weighted by Crippen LogP contribution is 2.24. The average Bonchev–Trinajstić information content (AvgIpc) is 2.56. The lowest BCUT2D eigenvalue weighted by Crippen LogP contribution is -2.03. The van der Waals surface area contributed by atoms with E-state index in [1.165, 1.54) is 42.1 Å². The molecule has 0 aromatic heterocycles. The Morgan fingerprint density at radius 2 is 1.71 bits per heavy atom. The van der Waals surface area contributed by atoms with Gasteiger partial charge in [-0.2, -0.15) is 0 Å². The van der Waals surface area contributed by atoms with Crippen LogP contribution in [-0.4, -0.2) is 28.2 Å². The molecule has 0 bridgehead atoms. The van der Waals surface area contributed by atoms with Gasteiger partial charge < -0.3 is 15.5 Å². The second kappa shape index (κ2) is 7.70. The lowest BCUT2D eigenvalue weighted by Gasteiger charge is -2.11. The van der Waals surface area contributed by atoms with E-state index in [0.717, 1.165) is 11.3 Å². The summed E-state index contributed by atoms with van der Waals surface area (Å²) in [5.74, 6) is -1.07. The van der Waals surface area contributed by atoms with Crippen molar-refractivity contribution in [2.24, 2.45) is 0 Å². The summed E-state index contributed by atoms with van der Waals surface area (Å²) >= 11 is 1.38. The zero-order valence-electron chi connectivity index (χ0n) is 13.2. The molecule has 2 rings (SSSR count). The third kappa shape index (κ3) is 4.39. The largest absolute Gasteiger partial charge is 0.508 e. The van der Waals surface area contributed by atoms with Crippen LogP contribution in [-0.2, 0) is 0 Å². The van der Waals surface area contributed by atoms with Gasteiger partial charge in [0.1, 0.15) is 5.75 Å². The lowest BCUT2D eigenvalue weighted by molar-refractivity contribution is 0.0696. The summed E-state index contributed by atoms with van der Waals surface area (Å²) in [6.07, 6.45) is 3.31. The summed E-state index contributed by atoms with van der Waals surface area (Å²) < 4.78 is 0. The van der Waals surface area contributed by atoms with Crippen LogP contribution in [0.15, 0.2) is 53.6 Å². The number of carbonyl (C=O) groups excluding carboxylic acids is 1. The van der Waals surface area contributed by atoms with Gasteiger partial charge in [0.25, 0.3) is 0 Å². The molecule has 0 aliphatic carbocycles. The topological polar surface area (TPSA) is 86.6 Å². The molecule has 0 atom stereocenters. The summed E-state index contributed by atoms with van der Waals surface area (Å²) in [5.41, 5.74) is 2.20. The Labute approximate surface area is 144 Å². The number of aryl methyl sites for hydroxylation is 1. The number of aromatic carboxylic acids is 1. The molecular formula is C18H17NO4S. The van der Waals surface area contributed by atoms with Crippen molar-refractivity contribution in [3.8, 4) is 5.75 Å². The van der Waals surface area contributed by atoms with E-state index < -0.39 is 5.97 Å². The predicted octanol–water partition coefficient (Wildman–Crippen LogP) is 3.90. The number of hydrogen-bond donors (Lipinski definition) is 3. The van der Waals surface area contributed by atoms with E-state index >= 15 is 0 Å². The van der Waals surface area contributed by atoms with Crippen LogP contribution in [0.25, 0.3) is 0 Å². The number of carbonyl (C=O) groups is 2. The van der Waals surface area contributed by atoms with Gasteiger partial charge >= 0.3 is 5.97 Å². The summed E-state index contributed by atoms with van der Waals surface area (Å²) in [5, 5.41) is 22.1. The number of aromatic hydroxyl groups is 1. The van der Waals surface area contributed by atoms with Gasteiger partial charge in [-0.25, -0.2) is 4.79 Å². The Bertz CT molecular complexity index is 797. The van der Waals surface area contributed by atoms with E-state index in [9.17, 15) is 14.7 Å². The maximum Gasteiger partial charge on any atom is 0.335 e. The molecule has 0 aliphatic rings. The smallest absolute Gasteiger partial charge is 0.335 e. The molecule has 2 aromatic carbocycles. The Morgan fingerprint density at radius 3 is 2.25 bits per heavy atom. The van der Waals surface area contributed by atoms with Gasteiger partial charge in [0.15, 0.2) is 5.78 Å². The van der Waals surface area contributed by atoms with Crippen LogP contribution in [0.2, 0.25) is 0 Å². The number of thioether (sulfide) groups is 1. The van der Waals surface area contributed by atoms with Crippen molar-refractivity contribution in [1.82, 2.24) is 0 Å². The van der Waals surface area contributed by atoms with Crippen molar-refractivity contribution < 1.29 is 19.8 Å². The number of nitrogens with one attached hydrogen (secondary N) is 1. The van der Waals surface area contributed by atoms with E-state index in [-0.39, 0.29) is 17.1 Å². The third-order valence-electron chi connectivity index (χ3n) is 3.37. The first-order chi connectivity index (χ1) is 11.4. The number of benzene rings is 2. The molecule has 24 heavy (non-hydrogen) atoms. The first-order valence-electron chi connectivity index (χ1n) is 7.10. The van der Waals surface area contributed by atoms with Gasteiger partial charge in [0.05, 0.1) is 10.6 Å². The van der Waals surface area contributed by atoms with Crippen molar-refractivity contribution in [2.75, 3.05) is 11.6 Å². The van der Waals surface area contributed by atoms with Crippen molar-refractivity contribution in [1.29, 1.82) is 0 Å². The first-order valence-corrected chi connectivity index (χ1v) is 8.33. The third-order valence-corrected chi connectivity index (χ3v) is 4.03. The van der Waals surface area contributed by atoms with Gasteiger partial charge in [-0.1, -0.05) is 12.1 Å². The molecule has 0 radical (unpaired) electrons. The number of anilines is 1. The molecule has 3 N–H and O–H groups in total. The second-order valence-electron chi connectivity index (χ2n) is 5.08. The van der Waals surface area contributed by atoms with Crippen molar-refractivity contribution >= 4 is 29.2 Å². The number of rotatable bonds is 6. The summed E-state index contributed by atoms with van der Waals surface area (Å²) in [6.45, 7) is 1.85. The summed E-state index contributed by atoms with van der Waals surface area (Å²) in [7, 11) is 0. The molecule has 124 valence electrons. The van der Waals surface area contributed by atoms with Crippen LogP contribution in [0.3, 0.4) is 0 Å². The van der Waals surface area contributed by atoms with Gasteiger partial charge in [-0.15, -0.1) is 11.8 Å². The Kier molecular flexibility index (Phi) is 5.65. The fourth-order valence-corrected chi connectivity index (χ4v) is 2.48. The van der Waals surface area contributed by atoms with Gasteiger partial charge in [-0.05, 0) is 49.1 Å². The van der Waals surface area contributed by atoms with Gasteiger partial charge in [0.2, 0.25) is 0 Å². The van der Waals surface area contributed by atoms with Crippen LogP contribution >= 0.6 is 11.8 Å². The van der Waals surface area contributed by atoms with Crippen LogP contribution in [0.1, 0.15) is 26.3 Å². The van der Waals surface area contributed by atoms with Crippen LogP contribution in [0.5, 0.6) is 5.75 Å². The first kappa shape index (κ1) is 17.6. The average molecular weight is 343 g/mol. The van der Waals surface area contributed by atoms with E-state index in [2.05, 4.69) is 5.32 Å². The van der Waals surface area contributed by atoms with Gasteiger partial charge in [-0.3, -0.25) is 4.79 Å². The van der Waals surface area contributed by atoms with E-state index in [1.807, 2.05) is 13.2 Å². The normalized spacial score (nSPS) is 11.2. The molecule has 0 amide bonds. The van der Waals surface area contributed by atoms with E-state index in [1.54, 1.807) is 18.2 Å². The fraction of sp³-hybridized carbons (Fsp3) is 0.111. The highest BCUT2D eigenvalue weighted by molar-refractivity contribution is 8.02. The molecule has 0 unspecified atom stereocenters. The minimum absolute atomic E-state index is 0.137. The molecule has 5 nitrogen and oxygen atoms in total. The highest BCUT2D eigenvalue weighted by Gasteiger charge is 2.08. The van der Waals surface area contributed by atoms with E-state index in [4.69, 9.17) is 5.11 Å². The van der Waals surface area contributed by atoms with Crippen LogP contribution < -0.4 is 5.32 Å². The molecule has 0 fully saturated rings. The second-order valence-corrected chi connectivity index (χ2v) is 5.93. The number of carboxylic acids is 1. The number of carboxylic acid groups (broad SMARTS) is 1. The summed E-state index contributed by atoms with van der Waals surface area (Å²) in [4.78, 5) is 23.1. The molecule has 0 spiro atoms. The summed E-state index contributed by atoms with van der Waals surface area (Å²) in [6, 6.07) is 10.7. The zero-order chi connectivity index (χ0) is 17.7. The van der Waals surface area contributed by atoms with Crippen molar-refractivity contribution in [3.63, 3.8) is 0 Å². The number of phenols is 1. The fourth-order valence-electron chi connectivity index (χ4n) is 2.05. The van der Waals surface area contributed by atoms with Crippen LogP contribution in [0, 0.1) is 6.92 Å². The number of ketones is 1. The lowest BCUT2D eigenvalue weighted by atomic mass is 10.1. The standard InChI is InChI=1S/C18H17NO4S/c1-11-9-14(20)7-8-15(11)19-17(24-2)10-16(21)12-3-5-13(6-4-12)18(22)23/h3-10,19-20H,1-2H3,(H,22,23). The molecular weight excluding hydrogens is 326 g/mol. The maximum absolute atomic E-state index is 12.3. The highest BCUT2D eigenvalue weighted by atomic mass is 32.2. The molecule has 6 heteroatoms. The Morgan fingerprint density at radius 1 is 1.08 bits per heavy atom. The van der Waals surface area contributed by atoms with Crippen molar-refractivity contribution in [2.45, 2.75) is 6.92 Å². The molecule has 0 saturated carbocycles. The SMILES string of the molecule is CSC(=CC(=O)c1ccc(C(=O)O)cc1)Nc1ccc(O)cc1C. The maximum atomic E-state index is 12.3. The quantitative estimate of drug-likeness (QED) is 0.419. The monoisotopic (exact) mass is 343 g/mol. The Hall–Kier alpha value is -2.73. The predicted molar refractivity (Wildman–Crippen MR) is 95.8 cm³/mol. The van der Waals surface area contributed by atoms with Gasteiger partial charge in [0, 0.05) is 17.3 Å². The molecule has 0 aliphatic heterocycles. The Balaban J connectivity index is 2.19. The molecule has 0 saturated heterocycles. The minimum Gasteiger partial charge on any atom is -0.508 e. The minimum atomic E-state index is -1.03. The number of allylic oxidation sites excluding steroid dienone is 1. The van der Waals surface area contributed by atoms with E-state index in [0.29, 0.717) is 10.6 Å². The number of phenolic OH excluding ortho intramolecular Hbond substituents is 1. The molecule has 2 aromatic rings. The molecule has 0 heterocycles. The van der Waals surface area contributed by atoms with Crippen molar-refractivity contribution in [3.05, 3.63) is 70.3 Å². The van der Waals surface area contributed by atoms with Crippen LogP contribution in [0.4, 0.5) is 5.69 Å². The number of hydrogen-bond acceptors (Lipinski definition) is 5. The zero-order valence-corrected chi connectivity index (χ0v) is 14.1.